The number of aromatic amines is 1. The molecular formula is C20H17N5OS. The van der Waals surface area contributed by atoms with Crippen molar-refractivity contribution < 1.29 is 4.79 Å². The van der Waals surface area contributed by atoms with Gasteiger partial charge in [0.2, 0.25) is 0 Å². The summed E-state index contributed by atoms with van der Waals surface area (Å²) in [4.78, 5) is 25.3. The lowest BCUT2D eigenvalue weighted by molar-refractivity contribution is 0.102. The number of rotatable bonds is 5. The number of H-pyrrole nitrogens is 1. The van der Waals surface area contributed by atoms with E-state index < -0.39 is 0 Å². The minimum atomic E-state index is -0.291. The molecule has 4 aromatic rings. The molecule has 4 rings (SSSR count). The van der Waals surface area contributed by atoms with Gasteiger partial charge in [0.15, 0.2) is 0 Å². The number of hydrogen-bond donors (Lipinski definition) is 3. The van der Waals surface area contributed by atoms with Crippen LogP contribution in [0.25, 0.3) is 10.9 Å². The Bertz CT molecular complexity index is 1090. The Balaban J connectivity index is 1.47. The molecule has 0 unspecified atom stereocenters. The third kappa shape index (κ3) is 3.78. The van der Waals surface area contributed by atoms with E-state index in [-0.39, 0.29) is 5.91 Å². The maximum Gasteiger partial charge on any atom is 0.276 e. The van der Waals surface area contributed by atoms with Crippen LogP contribution in [-0.2, 0) is 0 Å². The number of thioether (sulfide) groups is 1. The van der Waals surface area contributed by atoms with Crippen LogP contribution in [-0.4, -0.2) is 27.1 Å². The van der Waals surface area contributed by atoms with Crippen LogP contribution >= 0.6 is 11.8 Å². The summed E-state index contributed by atoms with van der Waals surface area (Å²) < 4.78 is 0. The Morgan fingerprint density at radius 1 is 1.07 bits per heavy atom. The fraction of sp³-hybridized carbons (Fsp3) is 0.0500. The van der Waals surface area contributed by atoms with Crippen molar-refractivity contribution in [2.24, 2.45) is 0 Å². The summed E-state index contributed by atoms with van der Waals surface area (Å²) in [5, 5.41) is 6.88. The molecule has 6 nitrogen and oxygen atoms in total. The summed E-state index contributed by atoms with van der Waals surface area (Å²) in [6, 6.07) is 15.4. The van der Waals surface area contributed by atoms with Gasteiger partial charge in [0, 0.05) is 33.9 Å². The lowest BCUT2D eigenvalue weighted by Gasteiger charge is -2.09. The van der Waals surface area contributed by atoms with Gasteiger partial charge in [0.05, 0.1) is 11.9 Å². The van der Waals surface area contributed by atoms with Gasteiger partial charge in [-0.05, 0) is 48.7 Å². The fourth-order valence-electron chi connectivity index (χ4n) is 2.75. The molecule has 0 aliphatic rings. The summed E-state index contributed by atoms with van der Waals surface area (Å²) in [5.41, 5.74) is 3.07. The molecule has 0 atom stereocenters. The first kappa shape index (κ1) is 17.1. The summed E-state index contributed by atoms with van der Waals surface area (Å²) in [5.74, 6) is 0.179. The first-order chi connectivity index (χ1) is 13.2. The van der Waals surface area contributed by atoms with Crippen molar-refractivity contribution in [1.82, 2.24) is 15.0 Å². The van der Waals surface area contributed by atoms with Crippen LogP contribution in [0.4, 0.5) is 17.2 Å². The van der Waals surface area contributed by atoms with E-state index in [2.05, 4.69) is 37.7 Å². The van der Waals surface area contributed by atoms with E-state index in [4.69, 9.17) is 0 Å². The summed E-state index contributed by atoms with van der Waals surface area (Å²) in [6.45, 7) is 0. The van der Waals surface area contributed by atoms with Gasteiger partial charge in [-0.3, -0.25) is 9.78 Å². The van der Waals surface area contributed by atoms with E-state index in [1.807, 2.05) is 36.6 Å². The van der Waals surface area contributed by atoms with Gasteiger partial charge in [-0.15, -0.1) is 11.8 Å². The Labute approximate surface area is 160 Å². The number of hydrogen-bond acceptors (Lipinski definition) is 5. The summed E-state index contributed by atoms with van der Waals surface area (Å²) in [6.07, 6.45) is 7.12. The van der Waals surface area contributed by atoms with Gasteiger partial charge < -0.3 is 15.6 Å². The maximum atomic E-state index is 12.5. The van der Waals surface area contributed by atoms with Crippen molar-refractivity contribution in [2.45, 2.75) is 4.90 Å². The Morgan fingerprint density at radius 2 is 2.00 bits per heavy atom. The zero-order chi connectivity index (χ0) is 18.6. The molecule has 0 saturated heterocycles. The first-order valence-corrected chi connectivity index (χ1v) is 9.56. The molecule has 3 N–H and O–H groups in total. The van der Waals surface area contributed by atoms with Crippen LogP contribution in [0.3, 0.4) is 0 Å². The third-order valence-electron chi connectivity index (χ3n) is 4.06. The SMILES string of the molecule is CSc1cccc(Nc2ccc(NC(=O)c3nccc4[nH]ccc34)nc2)c1. The zero-order valence-electron chi connectivity index (χ0n) is 14.6. The molecule has 1 amide bonds. The number of carbonyl (C=O) groups excluding carboxylic acids is 1. The molecule has 0 radical (unpaired) electrons. The van der Waals surface area contributed by atoms with Crippen molar-refractivity contribution in [2.75, 3.05) is 16.9 Å². The van der Waals surface area contributed by atoms with Crippen LogP contribution < -0.4 is 10.6 Å². The highest BCUT2D eigenvalue weighted by Crippen LogP contribution is 2.23. The zero-order valence-corrected chi connectivity index (χ0v) is 15.4. The number of nitrogens with zero attached hydrogens (tertiary/aromatic N) is 2. The van der Waals surface area contributed by atoms with E-state index in [1.165, 1.54) is 4.90 Å². The lowest BCUT2D eigenvalue weighted by Crippen LogP contribution is -2.14. The first-order valence-electron chi connectivity index (χ1n) is 8.33. The predicted octanol–water partition coefficient (Wildman–Crippen LogP) is 4.68. The van der Waals surface area contributed by atoms with Crippen molar-refractivity contribution in [3.8, 4) is 0 Å². The molecule has 0 spiro atoms. The Kier molecular flexibility index (Phi) is 4.76. The highest BCUT2D eigenvalue weighted by atomic mass is 32.2. The second-order valence-electron chi connectivity index (χ2n) is 5.84. The number of anilines is 3. The Hall–Kier alpha value is -3.32. The van der Waals surface area contributed by atoms with E-state index in [9.17, 15) is 4.79 Å². The van der Waals surface area contributed by atoms with Crippen LogP contribution in [0.5, 0.6) is 0 Å². The second kappa shape index (κ2) is 7.51. The number of nitrogens with one attached hydrogen (secondary N) is 3. The molecule has 3 aromatic heterocycles. The number of aromatic nitrogens is 3. The average Bonchev–Trinajstić information content (AvgIpc) is 3.18. The van der Waals surface area contributed by atoms with E-state index in [0.29, 0.717) is 11.5 Å². The fourth-order valence-corrected chi connectivity index (χ4v) is 3.21. The number of carbonyl (C=O) groups is 1. The van der Waals surface area contributed by atoms with Crippen molar-refractivity contribution in [3.05, 3.63) is 72.8 Å². The number of amides is 1. The van der Waals surface area contributed by atoms with E-state index in [0.717, 1.165) is 22.3 Å². The lowest BCUT2D eigenvalue weighted by atomic mass is 10.2. The molecule has 0 fully saturated rings. The molecule has 0 bridgehead atoms. The van der Waals surface area contributed by atoms with E-state index in [1.54, 1.807) is 36.4 Å². The molecular weight excluding hydrogens is 358 g/mol. The van der Waals surface area contributed by atoms with Crippen LogP contribution in [0.15, 0.2) is 72.0 Å². The molecule has 0 aliphatic carbocycles. The largest absolute Gasteiger partial charge is 0.361 e. The number of benzene rings is 1. The second-order valence-corrected chi connectivity index (χ2v) is 6.72. The molecule has 3 heterocycles. The normalized spacial score (nSPS) is 10.7. The molecule has 27 heavy (non-hydrogen) atoms. The molecule has 1 aromatic carbocycles. The molecule has 0 aliphatic heterocycles. The molecule has 134 valence electrons. The van der Waals surface area contributed by atoms with Gasteiger partial charge in [-0.1, -0.05) is 6.07 Å². The minimum absolute atomic E-state index is 0.291. The van der Waals surface area contributed by atoms with Crippen molar-refractivity contribution >= 4 is 45.8 Å². The minimum Gasteiger partial charge on any atom is -0.361 e. The highest BCUT2D eigenvalue weighted by Gasteiger charge is 2.13. The van der Waals surface area contributed by atoms with Gasteiger partial charge in [-0.2, -0.15) is 0 Å². The van der Waals surface area contributed by atoms with Gasteiger partial charge in [-0.25, -0.2) is 4.98 Å². The Morgan fingerprint density at radius 3 is 2.81 bits per heavy atom. The number of pyridine rings is 2. The third-order valence-corrected chi connectivity index (χ3v) is 4.78. The summed E-state index contributed by atoms with van der Waals surface area (Å²) in [7, 11) is 0. The monoisotopic (exact) mass is 375 g/mol. The maximum absolute atomic E-state index is 12.5. The van der Waals surface area contributed by atoms with E-state index >= 15 is 0 Å². The van der Waals surface area contributed by atoms with Crippen molar-refractivity contribution in [1.29, 1.82) is 0 Å². The van der Waals surface area contributed by atoms with Crippen LogP contribution in [0.1, 0.15) is 10.5 Å². The highest BCUT2D eigenvalue weighted by molar-refractivity contribution is 7.98. The van der Waals surface area contributed by atoms with Gasteiger partial charge in [0.1, 0.15) is 11.5 Å². The molecule has 7 heteroatoms. The van der Waals surface area contributed by atoms with Gasteiger partial charge in [0.25, 0.3) is 5.91 Å². The molecule has 0 saturated carbocycles. The van der Waals surface area contributed by atoms with Crippen LogP contribution in [0, 0.1) is 0 Å². The van der Waals surface area contributed by atoms with Gasteiger partial charge >= 0.3 is 0 Å². The summed E-state index contributed by atoms with van der Waals surface area (Å²) >= 11 is 1.69. The standard InChI is InChI=1S/C20H17N5OS/c1-27-15-4-2-3-13(11-15)24-14-5-6-18(23-12-14)25-20(26)19-16-7-9-21-17(16)8-10-22-19/h2-12,21,24H,1H3,(H,23,25,26). The number of fused-ring (bicyclic) bond motifs is 1. The quantitative estimate of drug-likeness (QED) is 0.441. The average molecular weight is 375 g/mol. The smallest absolute Gasteiger partial charge is 0.276 e. The van der Waals surface area contributed by atoms with Crippen LogP contribution in [0.2, 0.25) is 0 Å². The topological polar surface area (TPSA) is 82.7 Å². The van der Waals surface area contributed by atoms with Crippen molar-refractivity contribution in [3.63, 3.8) is 0 Å². The predicted molar refractivity (Wildman–Crippen MR) is 110 cm³/mol.